The van der Waals surface area contributed by atoms with E-state index >= 15 is 0 Å². The van der Waals surface area contributed by atoms with E-state index in [1.807, 2.05) is 30.3 Å². The van der Waals surface area contributed by atoms with E-state index in [4.69, 9.17) is 4.42 Å². The first kappa shape index (κ1) is 14.2. The van der Waals surface area contributed by atoms with Crippen molar-refractivity contribution in [1.82, 2.24) is 5.01 Å². The lowest BCUT2D eigenvalue weighted by molar-refractivity contribution is 0.105. The van der Waals surface area contributed by atoms with Crippen LogP contribution in [-0.2, 0) is 6.42 Å². The van der Waals surface area contributed by atoms with Gasteiger partial charge in [-0.3, -0.25) is 5.01 Å². The number of benzene rings is 1. The van der Waals surface area contributed by atoms with Crippen molar-refractivity contribution < 1.29 is 9.52 Å². The van der Waals surface area contributed by atoms with Crippen LogP contribution in [0, 0.1) is 0 Å². The lowest BCUT2D eigenvalue weighted by Gasteiger charge is -2.34. The number of nitrogens with zero attached hydrogens (tertiary/aromatic N) is 2. The van der Waals surface area contributed by atoms with Gasteiger partial charge in [0.25, 0.3) is 0 Å². The van der Waals surface area contributed by atoms with Crippen molar-refractivity contribution in [1.29, 1.82) is 0 Å². The van der Waals surface area contributed by atoms with Gasteiger partial charge in [-0.25, -0.2) is 5.01 Å². The van der Waals surface area contributed by atoms with Crippen molar-refractivity contribution in [2.45, 2.75) is 31.4 Å². The number of aryl methyl sites for hydroxylation is 1. The maximum Gasteiger partial charge on any atom is 0.209 e. The summed E-state index contributed by atoms with van der Waals surface area (Å²) in [6.45, 7) is 0.859. The Morgan fingerprint density at radius 1 is 1.24 bits per heavy atom. The highest BCUT2D eigenvalue weighted by Gasteiger charge is 2.35. The molecule has 1 saturated heterocycles. The Morgan fingerprint density at radius 3 is 2.76 bits per heavy atom. The molecule has 0 amide bonds. The van der Waals surface area contributed by atoms with Crippen molar-refractivity contribution in [2.24, 2.45) is 0 Å². The minimum atomic E-state index is -0.272. The molecule has 4 heteroatoms. The third-order valence-electron chi connectivity index (χ3n) is 4.26. The Kier molecular flexibility index (Phi) is 4.27. The predicted molar refractivity (Wildman–Crippen MR) is 83.0 cm³/mol. The second-order valence-electron chi connectivity index (χ2n) is 5.59. The van der Waals surface area contributed by atoms with Crippen LogP contribution >= 0.6 is 0 Å². The maximum atomic E-state index is 10.3. The van der Waals surface area contributed by atoms with Crippen molar-refractivity contribution in [2.75, 3.05) is 18.6 Å². The number of rotatable bonds is 5. The summed E-state index contributed by atoms with van der Waals surface area (Å²) in [4.78, 5) is 0. The Morgan fingerprint density at radius 2 is 2.05 bits per heavy atom. The van der Waals surface area contributed by atoms with E-state index in [2.05, 4.69) is 29.3 Å². The number of hydrogen-bond donors (Lipinski definition) is 1. The maximum absolute atomic E-state index is 10.3. The molecule has 0 saturated carbocycles. The van der Waals surface area contributed by atoms with Crippen LogP contribution in [0.15, 0.2) is 53.1 Å². The second kappa shape index (κ2) is 6.33. The quantitative estimate of drug-likeness (QED) is 0.917. The zero-order valence-electron chi connectivity index (χ0n) is 12.4. The van der Waals surface area contributed by atoms with Crippen molar-refractivity contribution in [3.05, 3.63) is 54.3 Å². The van der Waals surface area contributed by atoms with Gasteiger partial charge < -0.3 is 9.52 Å². The first-order valence-electron chi connectivity index (χ1n) is 7.51. The smallest absolute Gasteiger partial charge is 0.209 e. The van der Waals surface area contributed by atoms with Crippen LogP contribution in [0.1, 0.15) is 18.4 Å². The average Bonchev–Trinajstić information content (AvgIpc) is 3.15. The molecular weight excluding hydrogens is 264 g/mol. The summed E-state index contributed by atoms with van der Waals surface area (Å²) < 4.78 is 5.46. The van der Waals surface area contributed by atoms with Crippen LogP contribution in [0.2, 0.25) is 0 Å². The van der Waals surface area contributed by atoms with Crippen molar-refractivity contribution in [3.63, 3.8) is 0 Å². The van der Waals surface area contributed by atoms with Gasteiger partial charge in [-0.2, -0.15) is 0 Å². The number of furan rings is 1. The predicted octanol–water partition coefficient (Wildman–Crippen LogP) is 2.70. The van der Waals surface area contributed by atoms with Crippen LogP contribution in [0.3, 0.4) is 0 Å². The number of hydrogen-bond acceptors (Lipinski definition) is 4. The van der Waals surface area contributed by atoms with E-state index in [1.165, 1.54) is 5.56 Å². The summed E-state index contributed by atoms with van der Waals surface area (Å²) in [6, 6.07) is 14.4. The van der Waals surface area contributed by atoms with E-state index in [0.717, 1.165) is 31.7 Å². The molecule has 0 aliphatic carbocycles. The van der Waals surface area contributed by atoms with E-state index in [-0.39, 0.29) is 12.1 Å². The molecule has 2 aromatic rings. The fourth-order valence-electron chi connectivity index (χ4n) is 3.08. The highest BCUT2D eigenvalue weighted by Crippen LogP contribution is 2.27. The van der Waals surface area contributed by atoms with Gasteiger partial charge in [-0.05, 0) is 30.9 Å². The molecule has 1 aliphatic rings. The fraction of sp³-hybridized carbons (Fsp3) is 0.412. The Hall–Kier alpha value is -1.78. The van der Waals surface area contributed by atoms with Gasteiger partial charge in [0.1, 0.15) is 0 Å². The van der Waals surface area contributed by atoms with Gasteiger partial charge in [0.2, 0.25) is 5.88 Å². The molecule has 1 aliphatic heterocycles. The molecule has 1 N–H and O–H groups in total. The SMILES string of the molecule is CN(c1ccco1)N1CCC(O)C1CCc1ccccc1. The zero-order chi connectivity index (χ0) is 14.7. The summed E-state index contributed by atoms with van der Waals surface area (Å²) in [7, 11) is 1.99. The summed E-state index contributed by atoms with van der Waals surface area (Å²) in [6.07, 6.45) is 4.13. The van der Waals surface area contributed by atoms with Gasteiger partial charge in [-0.15, -0.1) is 0 Å². The van der Waals surface area contributed by atoms with E-state index in [0.29, 0.717) is 0 Å². The molecule has 0 radical (unpaired) electrons. The molecule has 1 fully saturated rings. The Labute approximate surface area is 125 Å². The minimum absolute atomic E-state index is 0.139. The molecule has 3 rings (SSSR count). The first-order chi connectivity index (χ1) is 10.3. The van der Waals surface area contributed by atoms with Crippen LogP contribution in [0.25, 0.3) is 0 Å². The fourth-order valence-corrected chi connectivity index (χ4v) is 3.08. The third kappa shape index (κ3) is 3.12. The molecule has 1 aromatic heterocycles. The van der Waals surface area contributed by atoms with E-state index in [9.17, 15) is 5.11 Å². The summed E-state index contributed by atoms with van der Waals surface area (Å²) >= 11 is 0. The molecule has 0 bridgehead atoms. The average molecular weight is 286 g/mol. The Bertz CT molecular complexity index is 541. The highest BCUT2D eigenvalue weighted by molar-refractivity contribution is 5.32. The monoisotopic (exact) mass is 286 g/mol. The number of hydrazine groups is 1. The summed E-state index contributed by atoms with van der Waals surface area (Å²) in [5.74, 6) is 0.814. The topological polar surface area (TPSA) is 39.9 Å². The number of aliphatic hydroxyl groups is 1. The molecule has 1 aromatic carbocycles. The van der Waals surface area contributed by atoms with Gasteiger partial charge in [0.05, 0.1) is 18.4 Å². The van der Waals surface area contributed by atoms with E-state index in [1.54, 1.807) is 6.26 Å². The Balaban J connectivity index is 1.66. The normalized spacial score (nSPS) is 22.6. The standard InChI is InChI=1S/C17H22N2O2/c1-18(17-8-5-13-21-17)19-12-11-16(20)15(19)10-9-14-6-3-2-4-7-14/h2-8,13,15-16,20H,9-12H2,1H3. The summed E-state index contributed by atoms with van der Waals surface area (Å²) in [5.41, 5.74) is 1.32. The van der Waals surface area contributed by atoms with Gasteiger partial charge in [-0.1, -0.05) is 30.3 Å². The summed E-state index contributed by atoms with van der Waals surface area (Å²) in [5, 5.41) is 14.5. The largest absolute Gasteiger partial charge is 0.447 e. The zero-order valence-corrected chi connectivity index (χ0v) is 12.4. The molecular formula is C17H22N2O2. The molecule has 112 valence electrons. The molecule has 21 heavy (non-hydrogen) atoms. The van der Waals surface area contributed by atoms with Crippen molar-refractivity contribution in [3.8, 4) is 0 Å². The van der Waals surface area contributed by atoms with E-state index < -0.39 is 0 Å². The van der Waals surface area contributed by atoms with Crippen LogP contribution in [0.4, 0.5) is 5.88 Å². The lowest BCUT2D eigenvalue weighted by Crippen LogP contribution is -2.46. The molecule has 2 unspecified atom stereocenters. The third-order valence-corrected chi connectivity index (χ3v) is 4.26. The van der Waals surface area contributed by atoms with Gasteiger partial charge in [0, 0.05) is 19.7 Å². The molecule has 4 nitrogen and oxygen atoms in total. The highest BCUT2D eigenvalue weighted by atomic mass is 16.4. The van der Waals surface area contributed by atoms with Crippen molar-refractivity contribution >= 4 is 5.88 Å². The second-order valence-corrected chi connectivity index (χ2v) is 5.59. The van der Waals surface area contributed by atoms with Crippen LogP contribution in [-0.4, -0.2) is 35.9 Å². The molecule has 2 atom stereocenters. The minimum Gasteiger partial charge on any atom is -0.447 e. The number of aliphatic hydroxyl groups excluding tert-OH is 1. The van der Waals surface area contributed by atoms with Crippen LogP contribution in [0.5, 0.6) is 0 Å². The van der Waals surface area contributed by atoms with Gasteiger partial charge >= 0.3 is 0 Å². The first-order valence-corrected chi connectivity index (χ1v) is 7.51. The van der Waals surface area contributed by atoms with Gasteiger partial charge in [0.15, 0.2) is 0 Å². The molecule has 2 heterocycles. The number of anilines is 1. The molecule has 0 spiro atoms. The van der Waals surface area contributed by atoms with Crippen LogP contribution < -0.4 is 5.01 Å². The lowest BCUT2D eigenvalue weighted by atomic mass is 10.0.